The monoisotopic (exact) mass is 386 g/mol. The largest absolute Gasteiger partial charge is 0.459 e. The molecule has 24 heavy (non-hydrogen) atoms. The fraction of sp³-hybridized carbons (Fsp3) is 0.700. The summed E-state index contributed by atoms with van der Waals surface area (Å²) in [5.41, 5.74) is -5.68. The summed E-state index contributed by atoms with van der Waals surface area (Å²) in [6.07, 6.45) is -21.5. The van der Waals surface area contributed by atoms with Gasteiger partial charge in [0.2, 0.25) is 5.67 Å². The molecule has 0 saturated heterocycles. The SMILES string of the molecule is C=CCC(F)(C(F)F)C(F)(OC(F)(C(=O)F)C(F)(F)F)C(F)(F)F. The molecular weight excluding hydrogens is 380 g/mol. The van der Waals surface area contributed by atoms with E-state index in [1.807, 2.05) is 0 Å². The fourth-order valence-corrected chi connectivity index (χ4v) is 1.35. The summed E-state index contributed by atoms with van der Waals surface area (Å²) in [6.45, 7) is 2.48. The zero-order valence-corrected chi connectivity index (χ0v) is 10.9. The van der Waals surface area contributed by atoms with Crippen molar-refractivity contribution in [3.63, 3.8) is 0 Å². The highest BCUT2D eigenvalue weighted by molar-refractivity contribution is 5.77. The smallest absolute Gasteiger partial charge is 0.283 e. The van der Waals surface area contributed by atoms with Gasteiger partial charge in [-0.05, 0) is 0 Å². The third kappa shape index (κ3) is 3.47. The van der Waals surface area contributed by atoms with Crippen LogP contribution in [-0.2, 0) is 9.53 Å². The Bertz CT molecular complexity index is 485. The standard InChI is InChI=1S/C10H6F12O2/c1-2-3-6(14,4(11)12)8(16,10(20,21)22)24-7(15,5(13)23)9(17,18)19/h2,4H,1,3H2. The molecule has 142 valence electrons. The van der Waals surface area contributed by atoms with Crippen LogP contribution < -0.4 is 0 Å². The van der Waals surface area contributed by atoms with Crippen molar-refractivity contribution in [3.05, 3.63) is 12.7 Å². The van der Waals surface area contributed by atoms with Crippen molar-refractivity contribution >= 4 is 6.04 Å². The number of ether oxygens (including phenoxy) is 1. The summed E-state index contributed by atoms with van der Waals surface area (Å²) in [7, 11) is 0. The van der Waals surface area contributed by atoms with Gasteiger partial charge >= 0.3 is 30.1 Å². The first kappa shape index (κ1) is 22.5. The second-order valence-corrected chi connectivity index (χ2v) is 4.22. The van der Waals surface area contributed by atoms with Gasteiger partial charge in [-0.3, -0.25) is 9.53 Å². The van der Waals surface area contributed by atoms with Crippen LogP contribution in [-0.4, -0.2) is 42.2 Å². The average Bonchev–Trinajstić information content (AvgIpc) is 2.35. The van der Waals surface area contributed by atoms with Crippen LogP contribution in [0, 0.1) is 0 Å². The van der Waals surface area contributed by atoms with Gasteiger partial charge in [0.25, 0.3) is 6.43 Å². The normalized spacial score (nSPS) is 20.9. The Morgan fingerprint density at radius 1 is 0.958 bits per heavy atom. The third-order valence-corrected chi connectivity index (χ3v) is 2.59. The molecule has 0 saturated carbocycles. The molecule has 14 heteroatoms. The van der Waals surface area contributed by atoms with Gasteiger partial charge in [-0.2, -0.15) is 39.5 Å². The summed E-state index contributed by atoms with van der Waals surface area (Å²) >= 11 is 0. The van der Waals surface area contributed by atoms with Crippen LogP contribution in [0.4, 0.5) is 52.7 Å². The van der Waals surface area contributed by atoms with Gasteiger partial charge in [0.05, 0.1) is 0 Å². The Kier molecular flexibility index (Phi) is 6.05. The van der Waals surface area contributed by atoms with Crippen LogP contribution in [0.15, 0.2) is 12.7 Å². The summed E-state index contributed by atoms with van der Waals surface area (Å²) in [5.74, 6) is -13.4. The van der Waals surface area contributed by atoms with Gasteiger partial charge < -0.3 is 0 Å². The van der Waals surface area contributed by atoms with Gasteiger partial charge in [-0.1, -0.05) is 6.08 Å². The minimum absolute atomic E-state index is 0.111. The number of hydrogen-bond acceptors (Lipinski definition) is 2. The van der Waals surface area contributed by atoms with Crippen LogP contribution >= 0.6 is 0 Å². The first-order valence-corrected chi connectivity index (χ1v) is 5.40. The molecule has 0 aliphatic rings. The maximum Gasteiger partial charge on any atom is 0.459 e. The van der Waals surface area contributed by atoms with Crippen LogP contribution in [0.3, 0.4) is 0 Å². The number of alkyl halides is 11. The van der Waals surface area contributed by atoms with Gasteiger partial charge in [-0.25, -0.2) is 13.2 Å². The van der Waals surface area contributed by atoms with Crippen LogP contribution in [0.1, 0.15) is 6.42 Å². The highest BCUT2D eigenvalue weighted by Gasteiger charge is 2.80. The summed E-state index contributed by atoms with van der Waals surface area (Å²) in [4.78, 5) is 10.0. The van der Waals surface area contributed by atoms with Gasteiger partial charge in [-0.15, -0.1) is 6.58 Å². The van der Waals surface area contributed by atoms with E-state index in [0.29, 0.717) is 0 Å². The Balaban J connectivity index is 6.52. The molecule has 0 aliphatic heterocycles. The first-order valence-electron chi connectivity index (χ1n) is 5.40. The van der Waals surface area contributed by atoms with E-state index in [4.69, 9.17) is 0 Å². The lowest BCUT2D eigenvalue weighted by atomic mass is 9.91. The van der Waals surface area contributed by atoms with E-state index in [0.717, 1.165) is 0 Å². The lowest BCUT2D eigenvalue weighted by Crippen LogP contribution is -2.67. The molecule has 0 bridgehead atoms. The molecule has 0 aromatic carbocycles. The molecule has 3 unspecified atom stereocenters. The molecular formula is C10H6F12O2. The molecule has 0 aliphatic carbocycles. The second-order valence-electron chi connectivity index (χ2n) is 4.22. The second kappa shape index (κ2) is 6.44. The fourth-order valence-electron chi connectivity index (χ4n) is 1.35. The maximum absolute atomic E-state index is 13.9. The first-order chi connectivity index (χ1) is 10.4. The summed E-state index contributed by atoms with van der Waals surface area (Å²) in [5, 5.41) is 0. The van der Waals surface area contributed by atoms with Gasteiger partial charge in [0.1, 0.15) is 0 Å². The number of carbonyl (C=O) groups is 1. The summed E-state index contributed by atoms with van der Waals surface area (Å²) < 4.78 is 155. The van der Waals surface area contributed by atoms with Gasteiger partial charge in [0.15, 0.2) is 0 Å². The Morgan fingerprint density at radius 2 is 1.38 bits per heavy atom. The molecule has 0 aromatic heterocycles. The van der Waals surface area contributed by atoms with E-state index in [-0.39, 0.29) is 6.08 Å². The molecule has 0 radical (unpaired) electrons. The van der Waals surface area contributed by atoms with Crippen molar-refractivity contribution in [2.24, 2.45) is 0 Å². The Hall–Kier alpha value is -1.47. The van der Waals surface area contributed by atoms with E-state index < -0.39 is 48.6 Å². The van der Waals surface area contributed by atoms with E-state index in [1.54, 1.807) is 0 Å². The topological polar surface area (TPSA) is 26.3 Å². The van der Waals surface area contributed by atoms with E-state index in [2.05, 4.69) is 11.3 Å². The lowest BCUT2D eigenvalue weighted by molar-refractivity contribution is -0.454. The minimum atomic E-state index is -7.07. The predicted octanol–water partition coefficient (Wildman–Crippen LogP) is 4.50. The maximum atomic E-state index is 13.9. The molecule has 0 fully saturated rings. The lowest BCUT2D eigenvalue weighted by Gasteiger charge is -2.41. The Labute approximate surface area is 125 Å². The van der Waals surface area contributed by atoms with Crippen molar-refractivity contribution in [1.82, 2.24) is 0 Å². The average molecular weight is 386 g/mol. The molecule has 0 N–H and O–H groups in total. The van der Waals surface area contributed by atoms with E-state index in [9.17, 15) is 57.5 Å². The van der Waals surface area contributed by atoms with Crippen molar-refractivity contribution < 1.29 is 62.2 Å². The quantitative estimate of drug-likeness (QED) is 0.366. The molecule has 2 nitrogen and oxygen atoms in total. The molecule has 0 amide bonds. The number of hydrogen-bond donors (Lipinski definition) is 0. The minimum Gasteiger partial charge on any atom is -0.283 e. The Morgan fingerprint density at radius 3 is 1.58 bits per heavy atom. The summed E-state index contributed by atoms with van der Waals surface area (Å²) in [6, 6.07) is -4.36. The van der Waals surface area contributed by atoms with E-state index >= 15 is 0 Å². The van der Waals surface area contributed by atoms with Crippen LogP contribution in [0.2, 0.25) is 0 Å². The highest BCUT2D eigenvalue weighted by atomic mass is 19.4. The molecule has 0 heterocycles. The molecule has 0 spiro atoms. The molecule has 0 rings (SSSR count). The predicted molar refractivity (Wildman–Crippen MR) is 51.6 cm³/mol. The van der Waals surface area contributed by atoms with E-state index in [1.165, 1.54) is 0 Å². The van der Waals surface area contributed by atoms with Crippen LogP contribution in [0.25, 0.3) is 0 Å². The van der Waals surface area contributed by atoms with Crippen molar-refractivity contribution in [2.45, 2.75) is 42.6 Å². The number of halogens is 12. The van der Waals surface area contributed by atoms with Crippen LogP contribution in [0.5, 0.6) is 0 Å². The zero-order chi connectivity index (χ0) is 19.8. The highest BCUT2D eigenvalue weighted by Crippen LogP contribution is 2.54. The van der Waals surface area contributed by atoms with Gasteiger partial charge in [0, 0.05) is 6.42 Å². The number of allylic oxidation sites excluding steroid dienone is 1. The molecule has 3 atom stereocenters. The van der Waals surface area contributed by atoms with Crippen molar-refractivity contribution in [1.29, 1.82) is 0 Å². The van der Waals surface area contributed by atoms with Crippen molar-refractivity contribution in [3.8, 4) is 0 Å². The zero-order valence-electron chi connectivity index (χ0n) is 10.9. The van der Waals surface area contributed by atoms with Crippen molar-refractivity contribution in [2.75, 3.05) is 0 Å². The number of carbonyl (C=O) groups excluding carboxylic acids is 1. The molecule has 0 aromatic rings. The third-order valence-electron chi connectivity index (χ3n) is 2.59. The number of rotatable bonds is 7.